The predicted octanol–water partition coefficient (Wildman–Crippen LogP) is 1.98. The van der Waals surface area contributed by atoms with Gasteiger partial charge < -0.3 is 14.5 Å². The molecule has 0 radical (unpaired) electrons. The maximum absolute atomic E-state index is 13.1. The van der Waals surface area contributed by atoms with Crippen LogP contribution in [0.3, 0.4) is 0 Å². The van der Waals surface area contributed by atoms with E-state index in [1.165, 1.54) is 29.2 Å². The van der Waals surface area contributed by atoms with Gasteiger partial charge in [-0.15, -0.1) is 0 Å². The third kappa shape index (κ3) is 3.86. The Morgan fingerprint density at radius 3 is 2.62 bits per heavy atom. The Balaban J connectivity index is 1.64. The number of hydrogen-bond acceptors (Lipinski definition) is 4. The number of ether oxygens (including phenoxy) is 1. The molecular formula is C19H23FN2O4. The fourth-order valence-electron chi connectivity index (χ4n) is 3.63. The maximum Gasteiger partial charge on any atom is 0.310 e. The molecule has 2 saturated heterocycles. The van der Waals surface area contributed by atoms with Crippen molar-refractivity contribution in [2.75, 3.05) is 31.1 Å². The highest BCUT2D eigenvalue weighted by Crippen LogP contribution is 2.28. The van der Waals surface area contributed by atoms with Gasteiger partial charge in [0.1, 0.15) is 5.82 Å². The van der Waals surface area contributed by atoms with Gasteiger partial charge in [0.05, 0.1) is 18.4 Å². The number of nitrogens with zero attached hydrogens (tertiary/aromatic N) is 2. The number of carbonyl (C=O) groups is 3. The molecular weight excluding hydrogens is 339 g/mol. The number of rotatable bonds is 4. The molecule has 7 heteroatoms. The van der Waals surface area contributed by atoms with E-state index in [0.717, 1.165) is 6.42 Å². The van der Waals surface area contributed by atoms with Crippen molar-refractivity contribution in [1.82, 2.24) is 4.90 Å². The average Bonchev–Trinajstić information content (AvgIpc) is 3.04. The number of hydrogen-bond donors (Lipinski definition) is 0. The van der Waals surface area contributed by atoms with Crippen LogP contribution < -0.4 is 4.90 Å². The van der Waals surface area contributed by atoms with Gasteiger partial charge in [-0.2, -0.15) is 0 Å². The van der Waals surface area contributed by atoms with E-state index in [-0.39, 0.29) is 42.5 Å². The van der Waals surface area contributed by atoms with Crippen molar-refractivity contribution in [3.63, 3.8) is 0 Å². The van der Waals surface area contributed by atoms with E-state index in [2.05, 4.69) is 0 Å². The van der Waals surface area contributed by atoms with E-state index in [4.69, 9.17) is 4.74 Å². The van der Waals surface area contributed by atoms with Crippen LogP contribution >= 0.6 is 0 Å². The molecule has 2 aliphatic heterocycles. The van der Waals surface area contributed by atoms with Gasteiger partial charge in [0.15, 0.2) is 0 Å². The first-order chi connectivity index (χ1) is 12.5. The Morgan fingerprint density at radius 2 is 1.92 bits per heavy atom. The second kappa shape index (κ2) is 7.85. The van der Waals surface area contributed by atoms with Crippen LogP contribution in [0.1, 0.15) is 26.2 Å². The highest BCUT2D eigenvalue weighted by Gasteiger charge is 2.39. The SMILES string of the molecule is CCOC(=O)[C@H]1CCCN(C(=O)[C@@H]2CC(=O)N(c3ccc(F)cc3)C2)C1. The normalized spacial score (nSPS) is 23.2. The molecule has 0 aliphatic carbocycles. The molecule has 1 aromatic carbocycles. The largest absolute Gasteiger partial charge is 0.466 e. The summed E-state index contributed by atoms with van der Waals surface area (Å²) in [4.78, 5) is 40.3. The zero-order chi connectivity index (χ0) is 18.7. The minimum Gasteiger partial charge on any atom is -0.466 e. The Morgan fingerprint density at radius 1 is 1.19 bits per heavy atom. The van der Waals surface area contributed by atoms with Crippen LogP contribution in [0.15, 0.2) is 24.3 Å². The molecule has 0 unspecified atom stereocenters. The van der Waals surface area contributed by atoms with Crippen molar-refractivity contribution in [3.8, 4) is 0 Å². The molecule has 0 bridgehead atoms. The van der Waals surface area contributed by atoms with E-state index in [1.54, 1.807) is 11.8 Å². The molecule has 2 aliphatic rings. The second-order valence-electron chi connectivity index (χ2n) is 6.76. The van der Waals surface area contributed by atoms with Crippen LogP contribution in [-0.4, -0.2) is 48.9 Å². The number of piperidine rings is 1. The molecule has 0 N–H and O–H groups in total. The summed E-state index contributed by atoms with van der Waals surface area (Å²) in [6, 6.07) is 5.67. The molecule has 2 fully saturated rings. The zero-order valence-corrected chi connectivity index (χ0v) is 14.8. The Bertz CT molecular complexity index is 691. The molecule has 2 heterocycles. The monoisotopic (exact) mass is 362 g/mol. The minimum atomic E-state index is -0.437. The number of carbonyl (C=O) groups excluding carboxylic acids is 3. The fourth-order valence-corrected chi connectivity index (χ4v) is 3.63. The fraction of sp³-hybridized carbons (Fsp3) is 0.526. The number of amides is 2. The summed E-state index contributed by atoms with van der Waals surface area (Å²) in [5, 5.41) is 0. The third-order valence-electron chi connectivity index (χ3n) is 4.97. The van der Waals surface area contributed by atoms with Gasteiger partial charge in [-0.05, 0) is 44.0 Å². The van der Waals surface area contributed by atoms with Crippen LogP contribution in [-0.2, 0) is 19.1 Å². The lowest BCUT2D eigenvalue weighted by atomic mass is 9.96. The molecule has 2 atom stereocenters. The highest BCUT2D eigenvalue weighted by molar-refractivity contribution is 6.00. The van der Waals surface area contributed by atoms with Crippen LogP contribution in [0, 0.1) is 17.7 Å². The number of benzene rings is 1. The van der Waals surface area contributed by atoms with Gasteiger partial charge in [0, 0.05) is 31.7 Å². The van der Waals surface area contributed by atoms with E-state index in [0.29, 0.717) is 31.8 Å². The lowest BCUT2D eigenvalue weighted by Gasteiger charge is -2.33. The van der Waals surface area contributed by atoms with E-state index in [9.17, 15) is 18.8 Å². The summed E-state index contributed by atoms with van der Waals surface area (Å²) in [7, 11) is 0. The topological polar surface area (TPSA) is 66.9 Å². The quantitative estimate of drug-likeness (QED) is 0.768. The van der Waals surface area contributed by atoms with Gasteiger partial charge in [-0.3, -0.25) is 14.4 Å². The summed E-state index contributed by atoms with van der Waals surface area (Å²) in [5.41, 5.74) is 0.592. The minimum absolute atomic E-state index is 0.100. The van der Waals surface area contributed by atoms with E-state index >= 15 is 0 Å². The van der Waals surface area contributed by atoms with Crippen molar-refractivity contribution in [2.45, 2.75) is 26.2 Å². The van der Waals surface area contributed by atoms with Crippen molar-refractivity contribution < 1.29 is 23.5 Å². The summed E-state index contributed by atoms with van der Waals surface area (Å²) in [6.45, 7) is 3.31. The van der Waals surface area contributed by atoms with Gasteiger partial charge in [0.25, 0.3) is 0 Å². The molecule has 6 nitrogen and oxygen atoms in total. The summed E-state index contributed by atoms with van der Waals surface area (Å²) >= 11 is 0. The molecule has 0 spiro atoms. The van der Waals surface area contributed by atoms with Crippen LogP contribution in [0.25, 0.3) is 0 Å². The molecule has 2 amide bonds. The van der Waals surface area contributed by atoms with Gasteiger partial charge >= 0.3 is 5.97 Å². The number of likely N-dealkylation sites (tertiary alicyclic amines) is 1. The third-order valence-corrected chi connectivity index (χ3v) is 4.97. The van der Waals surface area contributed by atoms with Crippen LogP contribution in [0.4, 0.5) is 10.1 Å². The van der Waals surface area contributed by atoms with E-state index in [1.807, 2.05) is 0 Å². The molecule has 140 valence electrons. The van der Waals surface area contributed by atoms with Crippen molar-refractivity contribution in [2.24, 2.45) is 11.8 Å². The summed E-state index contributed by atoms with van der Waals surface area (Å²) in [5.74, 6) is -1.61. The lowest BCUT2D eigenvalue weighted by Crippen LogP contribution is -2.45. The van der Waals surface area contributed by atoms with E-state index < -0.39 is 5.92 Å². The molecule has 26 heavy (non-hydrogen) atoms. The lowest BCUT2D eigenvalue weighted by molar-refractivity contribution is -0.152. The van der Waals surface area contributed by atoms with Crippen molar-refractivity contribution >= 4 is 23.5 Å². The van der Waals surface area contributed by atoms with Crippen LogP contribution in [0.2, 0.25) is 0 Å². The zero-order valence-electron chi connectivity index (χ0n) is 14.8. The standard InChI is InChI=1S/C19H23FN2O4/c1-2-26-19(25)13-4-3-9-21(11-13)18(24)14-10-17(23)22(12-14)16-7-5-15(20)6-8-16/h5-8,13-14H,2-4,9-12H2,1H3/t13-,14+/m0/s1. The first kappa shape index (κ1) is 18.4. The number of esters is 1. The first-order valence-corrected chi connectivity index (χ1v) is 9.01. The molecule has 0 saturated carbocycles. The smallest absolute Gasteiger partial charge is 0.310 e. The Kier molecular flexibility index (Phi) is 5.54. The predicted molar refractivity (Wildman–Crippen MR) is 92.8 cm³/mol. The van der Waals surface area contributed by atoms with Crippen LogP contribution in [0.5, 0.6) is 0 Å². The van der Waals surface area contributed by atoms with Gasteiger partial charge in [0.2, 0.25) is 11.8 Å². The van der Waals surface area contributed by atoms with Crippen molar-refractivity contribution in [1.29, 1.82) is 0 Å². The number of halogens is 1. The summed E-state index contributed by atoms with van der Waals surface area (Å²) in [6.07, 6.45) is 1.60. The Labute approximate surface area is 151 Å². The Hall–Kier alpha value is -2.44. The maximum atomic E-state index is 13.1. The molecule has 1 aromatic rings. The average molecular weight is 362 g/mol. The number of anilines is 1. The first-order valence-electron chi connectivity index (χ1n) is 9.01. The molecule has 0 aromatic heterocycles. The summed E-state index contributed by atoms with van der Waals surface area (Å²) < 4.78 is 18.1. The van der Waals surface area contributed by atoms with Gasteiger partial charge in [-0.25, -0.2) is 4.39 Å². The van der Waals surface area contributed by atoms with Gasteiger partial charge in [-0.1, -0.05) is 0 Å². The highest BCUT2D eigenvalue weighted by atomic mass is 19.1. The second-order valence-corrected chi connectivity index (χ2v) is 6.76. The molecule has 3 rings (SSSR count). The van der Waals surface area contributed by atoms with Crippen molar-refractivity contribution in [3.05, 3.63) is 30.1 Å².